The van der Waals surface area contributed by atoms with Gasteiger partial charge in [0.15, 0.2) is 0 Å². The lowest BCUT2D eigenvalue weighted by atomic mass is 10.0. The summed E-state index contributed by atoms with van der Waals surface area (Å²) in [4.78, 5) is 29.3. The minimum atomic E-state index is -0.631. The van der Waals surface area contributed by atoms with Crippen LogP contribution < -0.4 is 10.6 Å². The van der Waals surface area contributed by atoms with E-state index in [0.29, 0.717) is 11.3 Å². The van der Waals surface area contributed by atoms with Gasteiger partial charge >= 0.3 is 0 Å². The zero-order chi connectivity index (χ0) is 18.4. The van der Waals surface area contributed by atoms with Crippen LogP contribution in [0.25, 0.3) is 0 Å². The van der Waals surface area contributed by atoms with Gasteiger partial charge in [0.2, 0.25) is 5.91 Å². The minimum Gasteiger partial charge on any atom is -0.340 e. The van der Waals surface area contributed by atoms with Gasteiger partial charge in [-0.1, -0.05) is 31.5 Å². The number of anilines is 1. The van der Waals surface area contributed by atoms with E-state index in [1.807, 2.05) is 45.2 Å². The maximum Gasteiger partial charge on any atom is 0.251 e. The van der Waals surface area contributed by atoms with Gasteiger partial charge in [-0.05, 0) is 43.4 Å². The highest BCUT2D eigenvalue weighted by Crippen LogP contribution is 2.15. The third-order valence-electron chi connectivity index (χ3n) is 3.73. The van der Waals surface area contributed by atoms with Crippen molar-refractivity contribution >= 4 is 29.3 Å². The molecule has 1 unspecified atom stereocenters. The van der Waals surface area contributed by atoms with Crippen LogP contribution in [0.15, 0.2) is 47.6 Å². The SMILES string of the molecule is CSc1ccc(NC(=O)C(NC(=O)c2cccc(C)c2)C(C)C)cn1. The van der Waals surface area contributed by atoms with Gasteiger partial charge in [-0.2, -0.15) is 0 Å². The Morgan fingerprint density at radius 3 is 2.48 bits per heavy atom. The van der Waals surface area contributed by atoms with Gasteiger partial charge in [0, 0.05) is 5.56 Å². The first kappa shape index (κ1) is 19.0. The first-order chi connectivity index (χ1) is 11.9. The molecule has 0 aliphatic rings. The Kier molecular flexibility index (Phi) is 6.58. The Hall–Kier alpha value is -2.34. The van der Waals surface area contributed by atoms with Gasteiger partial charge < -0.3 is 10.6 Å². The summed E-state index contributed by atoms with van der Waals surface area (Å²) in [5.41, 5.74) is 2.15. The van der Waals surface area contributed by atoms with Crippen LogP contribution in [0.1, 0.15) is 29.8 Å². The fourth-order valence-corrected chi connectivity index (χ4v) is 2.70. The van der Waals surface area contributed by atoms with Crippen LogP contribution in [0.2, 0.25) is 0 Å². The van der Waals surface area contributed by atoms with Gasteiger partial charge in [0.25, 0.3) is 5.91 Å². The number of amides is 2. The maximum atomic E-state index is 12.6. The molecule has 25 heavy (non-hydrogen) atoms. The second-order valence-electron chi connectivity index (χ2n) is 6.14. The van der Waals surface area contributed by atoms with E-state index >= 15 is 0 Å². The van der Waals surface area contributed by atoms with Gasteiger partial charge in [-0.3, -0.25) is 9.59 Å². The fraction of sp³-hybridized carbons (Fsp3) is 0.316. The van der Waals surface area contributed by atoms with Crippen LogP contribution in [0.5, 0.6) is 0 Å². The standard InChI is InChI=1S/C19H23N3O2S/c1-12(2)17(22-18(23)14-7-5-6-13(3)10-14)19(24)21-15-8-9-16(25-4)20-11-15/h5-12,17H,1-4H3,(H,21,24)(H,22,23). The lowest BCUT2D eigenvalue weighted by Gasteiger charge is -2.22. The third-order valence-corrected chi connectivity index (χ3v) is 4.39. The van der Waals surface area contributed by atoms with Gasteiger partial charge in [-0.25, -0.2) is 4.98 Å². The van der Waals surface area contributed by atoms with Crippen molar-refractivity contribution in [3.8, 4) is 0 Å². The second-order valence-corrected chi connectivity index (χ2v) is 6.97. The largest absolute Gasteiger partial charge is 0.340 e. The predicted octanol–water partition coefficient (Wildman–Crippen LogP) is 3.51. The summed E-state index contributed by atoms with van der Waals surface area (Å²) in [6, 6.07) is 10.3. The van der Waals surface area contributed by atoms with Crippen LogP contribution in [0.4, 0.5) is 5.69 Å². The van der Waals surface area contributed by atoms with Crippen LogP contribution in [-0.4, -0.2) is 29.1 Å². The molecule has 1 aromatic heterocycles. The van der Waals surface area contributed by atoms with Crippen molar-refractivity contribution in [2.24, 2.45) is 5.92 Å². The molecule has 1 heterocycles. The van der Waals surface area contributed by atoms with Crippen LogP contribution >= 0.6 is 11.8 Å². The van der Waals surface area contributed by atoms with Crippen molar-refractivity contribution in [2.45, 2.75) is 31.8 Å². The fourth-order valence-electron chi connectivity index (χ4n) is 2.34. The topological polar surface area (TPSA) is 71.1 Å². The summed E-state index contributed by atoms with van der Waals surface area (Å²) in [6.45, 7) is 5.72. The van der Waals surface area contributed by atoms with Gasteiger partial charge in [-0.15, -0.1) is 11.8 Å². The molecule has 0 fully saturated rings. The molecule has 0 aliphatic carbocycles. The average molecular weight is 357 g/mol. The molecule has 132 valence electrons. The molecule has 2 rings (SSSR count). The zero-order valence-electron chi connectivity index (χ0n) is 14.9. The molecule has 0 bridgehead atoms. The first-order valence-electron chi connectivity index (χ1n) is 8.09. The zero-order valence-corrected chi connectivity index (χ0v) is 15.7. The Labute approximate surface area is 152 Å². The monoisotopic (exact) mass is 357 g/mol. The number of aryl methyl sites for hydroxylation is 1. The number of thioether (sulfide) groups is 1. The van der Waals surface area contributed by atoms with E-state index in [1.54, 1.807) is 24.4 Å². The number of benzene rings is 1. The number of hydrogen-bond donors (Lipinski definition) is 2. The molecule has 6 heteroatoms. The molecule has 1 aromatic carbocycles. The van der Waals surface area contributed by atoms with Crippen molar-refractivity contribution in [1.82, 2.24) is 10.3 Å². The number of carbonyl (C=O) groups excluding carboxylic acids is 2. The summed E-state index contributed by atoms with van der Waals surface area (Å²) in [5.74, 6) is -0.560. The first-order valence-corrected chi connectivity index (χ1v) is 9.31. The van der Waals surface area contributed by atoms with E-state index in [-0.39, 0.29) is 17.7 Å². The van der Waals surface area contributed by atoms with E-state index in [0.717, 1.165) is 10.6 Å². The number of nitrogens with one attached hydrogen (secondary N) is 2. The molecular formula is C19H23N3O2S. The summed E-state index contributed by atoms with van der Waals surface area (Å²) in [5, 5.41) is 6.53. The number of carbonyl (C=O) groups is 2. The molecule has 2 N–H and O–H groups in total. The lowest BCUT2D eigenvalue weighted by molar-refractivity contribution is -0.118. The van der Waals surface area contributed by atoms with Crippen molar-refractivity contribution in [3.05, 3.63) is 53.7 Å². The smallest absolute Gasteiger partial charge is 0.251 e. The van der Waals surface area contributed by atoms with Crippen molar-refractivity contribution in [2.75, 3.05) is 11.6 Å². The number of nitrogens with zero attached hydrogens (tertiary/aromatic N) is 1. The van der Waals surface area contributed by atoms with Crippen molar-refractivity contribution in [3.63, 3.8) is 0 Å². The van der Waals surface area contributed by atoms with E-state index in [1.165, 1.54) is 11.8 Å². The summed E-state index contributed by atoms with van der Waals surface area (Å²) in [6.07, 6.45) is 3.56. The lowest BCUT2D eigenvalue weighted by Crippen LogP contribution is -2.47. The highest BCUT2D eigenvalue weighted by molar-refractivity contribution is 7.98. The van der Waals surface area contributed by atoms with E-state index in [2.05, 4.69) is 15.6 Å². The number of hydrogen-bond acceptors (Lipinski definition) is 4. The molecule has 0 saturated heterocycles. The number of rotatable bonds is 6. The molecule has 2 aromatic rings. The molecule has 0 aliphatic heterocycles. The quantitative estimate of drug-likeness (QED) is 0.776. The molecule has 0 spiro atoms. The maximum absolute atomic E-state index is 12.6. The van der Waals surface area contributed by atoms with Crippen LogP contribution in [0.3, 0.4) is 0 Å². The molecule has 5 nitrogen and oxygen atoms in total. The van der Waals surface area contributed by atoms with E-state index < -0.39 is 6.04 Å². The van der Waals surface area contributed by atoms with E-state index in [4.69, 9.17) is 0 Å². The summed E-state index contributed by atoms with van der Waals surface area (Å²) >= 11 is 1.53. The molecule has 0 saturated carbocycles. The number of pyridine rings is 1. The third kappa shape index (κ3) is 5.32. The van der Waals surface area contributed by atoms with E-state index in [9.17, 15) is 9.59 Å². The average Bonchev–Trinajstić information content (AvgIpc) is 2.59. The van der Waals surface area contributed by atoms with Gasteiger partial charge in [0.05, 0.1) is 16.9 Å². The number of aromatic nitrogens is 1. The predicted molar refractivity (Wildman–Crippen MR) is 102 cm³/mol. The Morgan fingerprint density at radius 2 is 1.92 bits per heavy atom. The molecule has 0 radical (unpaired) electrons. The van der Waals surface area contributed by atoms with Crippen molar-refractivity contribution in [1.29, 1.82) is 0 Å². The molecule has 1 atom stereocenters. The normalized spacial score (nSPS) is 11.9. The summed E-state index contributed by atoms with van der Waals surface area (Å²) < 4.78 is 0. The Bertz CT molecular complexity index is 745. The summed E-state index contributed by atoms with van der Waals surface area (Å²) in [7, 11) is 0. The Balaban J connectivity index is 2.08. The minimum absolute atomic E-state index is 0.0489. The van der Waals surface area contributed by atoms with Crippen LogP contribution in [-0.2, 0) is 4.79 Å². The molecular weight excluding hydrogens is 334 g/mol. The second kappa shape index (κ2) is 8.67. The van der Waals surface area contributed by atoms with Crippen LogP contribution in [0, 0.1) is 12.8 Å². The Morgan fingerprint density at radius 1 is 1.16 bits per heavy atom. The highest BCUT2D eigenvalue weighted by atomic mass is 32.2. The molecule has 2 amide bonds. The highest BCUT2D eigenvalue weighted by Gasteiger charge is 2.24. The van der Waals surface area contributed by atoms with Crippen molar-refractivity contribution < 1.29 is 9.59 Å². The van der Waals surface area contributed by atoms with Gasteiger partial charge in [0.1, 0.15) is 6.04 Å².